The molecule has 0 aromatic heterocycles. The van der Waals surface area contributed by atoms with E-state index in [0.29, 0.717) is 12.7 Å². The molecular formula is C22H41N4O4+. The second kappa shape index (κ2) is 10.7. The molecule has 3 heterocycles. The molecule has 0 aromatic carbocycles. The normalized spacial score (nSPS) is 37.3. The molecule has 30 heavy (non-hydrogen) atoms. The third kappa shape index (κ3) is 5.16. The van der Waals surface area contributed by atoms with E-state index >= 15 is 0 Å². The number of piperidine rings is 1. The molecule has 5 unspecified atom stereocenters. The summed E-state index contributed by atoms with van der Waals surface area (Å²) in [5.41, 5.74) is 0. The Kier molecular flexibility index (Phi) is 8.00. The minimum Gasteiger partial charge on any atom is -0.394 e. The van der Waals surface area contributed by atoms with E-state index in [0.717, 1.165) is 51.9 Å². The number of amides is 1. The summed E-state index contributed by atoms with van der Waals surface area (Å²) < 4.78 is 5.99. The van der Waals surface area contributed by atoms with Gasteiger partial charge < -0.3 is 25.6 Å². The summed E-state index contributed by atoms with van der Waals surface area (Å²) in [5.74, 6) is 0.240. The van der Waals surface area contributed by atoms with Crippen molar-refractivity contribution in [3.8, 4) is 0 Å². The van der Waals surface area contributed by atoms with Gasteiger partial charge in [0.25, 0.3) is 0 Å². The van der Waals surface area contributed by atoms with Gasteiger partial charge in [0, 0.05) is 45.1 Å². The fourth-order valence-corrected chi connectivity index (χ4v) is 5.93. The number of aliphatic hydroxyl groups excluding tert-OH is 2. The number of ether oxygens (including phenoxy) is 1. The molecule has 0 spiro atoms. The van der Waals surface area contributed by atoms with Crippen LogP contribution in [0.1, 0.15) is 51.4 Å². The van der Waals surface area contributed by atoms with E-state index < -0.39 is 12.2 Å². The molecule has 8 heteroatoms. The first-order chi connectivity index (χ1) is 14.7. The van der Waals surface area contributed by atoms with Gasteiger partial charge >= 0.3 is 0 Å². The van der Waals surface area contributed by atoms with Gasteiger partial charge in [-0.25, -0.2) is 0 Å². The molecule has 3 aliphatic heterocycles. The number of hydrogen-bond donors (Lipinski definition) is 4. The van der Waals surface area contributed by atoms with Gasteiger partial charge in [0.05, 0.1) is 25.3 Å². The zero-order valence-corrected chi connectivity index (χ0v) is 18.3. The lowest BCUT2D eigenvalue weighted by atomic mass is 9.88. The van der Waals surface area contributed by atoms with Crippen LogP contribution in [0.4, 0.5) is 0 Å². The Morgan fingerprint density at radius 1 is 0.967 bits per heavy atom. The first-order valence-corrected chi connectivity index (χ1v) is 12.2. The summed E-state index contributed by atoms with van der Waals surface area (Å²) in [6.45, 7) is 5.21. The molecule has 3 saturated heterocycles. The van der Waals surface area contributed by atoms with Crippen molar-refractivity contribution in [3.05, 3.63) is 0 Å². The van der Waals surface area contributed by atoms with Gasteiger partial charge in [0.15, 0.2) is 0 Å². The minimum atomic E-state index is -0.723. The first kappa shape index (κ1) is 22.4. The number of rotatable bonds is 6. The van der Waals surface area contributed by atoms with Gasteiger partial charge in [-0.1, -0.05) is 19.3 Å². The van der Waals surface area contributed by atoms with Crippen LogP contribution in [0.2, 0.25) is 0 Å². The van der Waals surface area contributed by atoms with Gasteiger partial charge in [-0.3, -0.25) is 14.6 Å². The number of carbonyl (C=O) groups excluding carboxylic acids is 1. The Balaban J connectivity index is 1.32. The van der Waals surface area contributed by atoms with Crippen LogP contribution in [0.5, 0.6) is 0 Å². The van der Waals surface area contributed by atoms with Crippen molar-refractivity contribution < 1.29 is 25.1 Å². The number of hydrogen-bond acceptors (Lipinski definition) is 6. The predicted octanol–water partition coefficient (Wildman–Crippen LogP) is -1.14. The van der Waals surface area contributed by atoms with E-state index in [9.17, 15) is 15.0 Å². The molecule has 4 rings (SSSR count). The standard InChI is InChI=1S/C22H40N4O4/c27-15-18-21(28)20(17(30-18)14-24-22(29)16-6-2-1-3-7-16)26-12-10-25(11-13-26)19-8-4-5-9-23-19/h16-21,23,27-28H,1-15H2,(H,24,29)/p+1. The molecule has 5 N–H and O–H groups in total. The number of nitrogens with one attached hydrogen (secondary N) is 1. The van der Waals surface area contributed by atoms with Gasteiger partial charge in [-0.05, 0) is 25.7 Å². The molecule has 1 aliphatic carbocycles. The summed E-state index contributed by atoms with van der Waals surface area (Å²) in [5, 5.41) is 26.1. The van der Waals surface area contributed by atoms with Crippen LogP contribution in [0.15, 0.2) is 0 Å². The maximum atomic E-state index is 12.6. The lowest BCUT2D eigenvalue weighted by Gasteiger charge is -2.42. The van der Waals surface area contributed by atoms with E-state index in [-0.39, 0.29) is 30.6 Å². The number of aliphatic hydroxyl groups is 2. The predicted molar refractivity (Wildman–Crippen MR) is 113 cm³/mol. The number of quaternary nitrogens is 1. The Hall–Kier alpha value is -0.770. The summed E-state index contributed by atoms with van der Waals surface area (Å²) >= 11 is 0. The molecule has 5 atom stereocenters. The summed E-state index contributed by atoms with van der Waals surface area (Å²) in [7, 11) is 0. The van der Waals surface area contributed by atoms with Gasteiger partial charge in [0.1, 0.15) is 18.4 Å². The van der Waals surface area contributed by atoms with Crippen LogP contribution in [0.3, 0.4) is 0 Å². The van der Waals surface area contributed by atoms with Crippen molar-refractivity contribution in [1.29, 1.82) is 0 Å². The molecule has 1 saturated carbocycles. The third-order valence-corrected chi connectivity index (χ3v) is 7.73. The number of nitrogens with zero attached hydrogens (tertiary/aromatic N) is 2. The fraction of sp³-hybridized carbons (Fsp3) is 0.955. The molecule has 4 fully saturated rings. The van der Waals surface area contributed by atoms with Gasteiger partial charge in [0.2, 0.25) is 5.91 Å². The Morgan fingerprint density at radius 2 is 1.67 bits per heavy atom. The summed E-state index contributed by atoms with van der Waals surface area (Å²) in [4.78, 5) is 17.5. The molecule has 1 amide bonds. The van der Waals surface area contributed by atoms with Crippen molar-refractivity contribution in [2.75, 3.05) is 45.9 Å². The molecular weight excluding hydrogens is 384 g/mol. The lowest BCUT2D eigenvalue weighted by Crippen LogP contribution is -2.95. The smallest absolute Gasteiger partial charge is 0.223 e. The topological polar surface area (TPSA) is 102 Å². The van der Waals surface area contributed by atoms with E-state index in [2.05, 4.69) is 20.4 Å². The van der Waals surface area contributed by atoms with Crippen LogP contribution in [-0.2, 0) is 9.53 Å². The second-order valence-corrected chi connectivity index (χ2v) is 9.62. The van der Waals surface area contributed by atoms with Crippen molar-refractivity contribution in [3.63, 3.8) is 0 Å². The first-order valence-electron chi connectivity index (χ1n) is 12.2. The van der Waals surface area contributed by atoms with Crippen LogP contribution >= 0.6 is 0 Å². The quantitative estimate of drug-likeness (QED) is 0.429. The zero-order valence-electron chi connectivity index (χ0n) is 18.3. The van der Waals surface area contributed by atoms with E-state index in [1.54, 1.807) is 0 Å². The molecule has 8 nitrogen and oxygen atoms in total. The third-order valence-electron chi connectivity index (χ3n) is 7.73. The number of nitrogens with two attached hydrogens (primary N) is 1. The van der Waals surface area contributed by atoms with Crippen LogP contribution < -0.4 is 10.6 Å². The maximum absolute atomic E-state index is 12.6. The largest absolute Gasteiger partial charge is 0.394 e. The fourth-order valence-electron chi connectivity index (χ4n) is 5.93. The Labute approximate surface area is 180 Å². The van der Waals surface area contributed by atoms with Crippen molar-refractivity contribution in [1.82, 2.24) is 15.1 Å². The molecule has 0 bridgehead atoms. The van der Waals surface area contributed by atoms with E-state index in [1.807, 2.05) is 0 Å². The Morgan fingerprint density at radius 3 is 2.33 bits per heavy atom. The second-order valence-electron chi connectivity index (χ2n) is 9.62. The van der Waals surface area contributed by atoms with Crippen molar-refractivity contribution in [2.24, 2.45) is 5.92 Å². The van der Waals surface area contributed by atoms with Crippen LogP contribution in [0, 0.1) is 5.92 Å². The van der Waals surface area contributed by atoms with Crippen LogP contribution in [-0.4, -0.2) is 102 Å². The maximum Gasteiger partial charge on any atom is 0.223 e. The number of carbonyl (C=O) groups is 1. The molecule has 4 aliphatic rings. The lowest BCUT2D eigenvalue weighted by molar-refractivity contribution is -0.717. The zero-order chi connectivity index (χ0) is 20.9. The molecule has 0 radical (unpaired) electrons. The van der Waals surface area contributed by atoms with Crippen molar-refractivity contribution >= 4 is 5.91 Å². The van der Waals surface area contributed by atoms with Gasteiger partial charge in [-0.15, -0.1) is 0 Å². The molecule has 0 aromatic rings. The van der Waals surface area contributed by atoms with Crippen molar-refractivity contribution in [2.45, 2.75) is 81.9 Å². The summed E-state index contributed by atoms with van der Waals surface area (Å²) in [6.07, 6.45) is 8.37. The monoisotopic (exact) mass is 425 g/mol. The average Bonchev–Trinajstić information content (AvgIpc) is 3.14. The minimum absolute atomic E-state index is 0.118. The molecule has 172 valence electrons. The van der Waals surface area contributed by atoms with Gasteiger partial charge in [-0.2, -0.15) is 0 Å². The summed E-state index contributed by atoms with van der Waals surface area (Å²) in [6, 6.07) is -0.175. The highest BCUT2D eigenvalue weighted by atomic mass is 16.5. The Bertz CT molecular complexity index is 545. The van der Waals surface area contributed by atoms with Crippen LogP contribution in [0.25, 0.3) is 0 Å². The number of piperazine rings is 1. The van der Waals surface area contributed by atoms with E-state index in [1.165, 1.54) is 32.2 Å². The van der Waals surface area contributed by atoms with E-state index in [4.69, 9.17) is 4.74 Å². The highest BCUT2D eigenvalue weighted by molar-refractivity contribution is 5.78. The average molecular weight is 426 g/mol. The highest BCUT2D eigenvalue weighted by Gasteiger charge is 2.47. The SMILES string of the molecule is O=C(NCC1OC(CO)C(O)C1N1CCN(C2CCCC[NH2+]2)CC1)C1CCCCC1. The highest BCUT2D eigenvalue weighted by Crippen LogP contribution is 2.28.